The van der Waals surface area contributed by atoms with Crippen LogP contribution < -0.4 is 9.64 Å². The Bertz CT molecular complexity index is 1350. The molecule has 1 fully saturated rings. The van der Waals surface area contributed by atoms with Gasteiger partial charge in [0.05, 0.1) is 24.1 Å². The molecule has 1 saturated heterocycles. The zero-order chi connectivity index (χ0) is 24.0. The van der Waals surface area contributed by atoms with E-state index in [4.69, 9.17) is 9.72 Å². The zero-order valence-electron chi connectivity index (χ0n) is 20.3. The molecule has 0 amide bonds. The fourth-order valence-corrected chi connectivity index (χ4v) is 5.52. The molecule has 35 heavy (non-hydrogen) atoms. The molecule has 0 saturated carbocycles. The van der Waals surface area contributed by atoms with Crippen LogP contribution in [0.5, 0.6) is 5.75 Å². The van der Waals surface area contributed by atoms with Gasteiger partial charge in [-0.05, 0) is 57.2 Å². The Morgan fingerprint density at radius 1 is 1.03 bits per heavy atom. The van der Waals surface area contributed by atoms with Crippen molar-refractivity contribution in [3.63, 3.8) is 0 Å². The van der Waals surface area contributed by atoms with Crippen LogP contribution in [0.3, 0.4) is 0 Å². The first-order valence-corrected chi connectivity index (χ1v) is 12.5. The molecule has 1 aromatic carbocycles. The molecule has 0 radical (unpaired) electrons. The highest BCUT2D eigenvalue weighted by atomic mass is 16.5. The smallest absolute Gasteiger partial charge is 0.225 e. The monoisotopic (exact) mass is 469 g/mol. The van der Waals surface area contributed by atoms with E-state index in [0.717, 1.165) is 73.7 Å². The molecule has 1 N–H and O–H groups in total. The van der Waals surface area contributed by atoms with E-state index in [1.54, 1.807) is 7.11 Å². The molecule has 1 aliphatic carbocycles. The molecule has 3 aromatic heterocycles. The van der Waals surface area contributed by atoms with Crippen LogP contribution in [0.2, 0.25) is 0 Å². The number of aliphatic hydroxyl groups is 1. The number of para-hydroxylation sites is 1. The van der Waals surface area contributed by atoms with Crippen LogP contribution in [0.25, 0.3) is 16.8 Å². The van der Waals surface area contributed by atoms with E-state index in [2.05, 4.69) is 49.7 Å². The Labute approximate surface area is 205 Å². The number of hydrogen-bond donors (Lipinski definition) is 1. The molecule has 2 aliphatic rings. The first kappa shape index (κ1) is 22.0. The zero-order valence-corrected chi connectivity index (χ0v) is 20.3. The third-order valence-corrected chi connectivity index (χ3v) is 7.58. The number of nitrogens with zero attached hydrogens (tertiary/aromatic N) is 5. The third kappa shape index (κ3) is 4.04. The van der Waals surface area contributed by atoms with Gasteiger partial charge in [0.25, 0.3) is 0 Å². The molecule has 1 aliphatic heterocycles. The summed E-state index contributed by atoms with van der Waals surface area (Å²) in [7, 11) is 1.74. The lowest BCUT2D eigenvalue weighted by atomic mass is 9.84. The number of pyridine rings is 1. The Balaban J connectivity index is 1.34. The molecule has 7 nitrogen and oxygen atoms in total. The topological polar surface area (TPSA) is 75.8 Å². The number of fused-ring (bicyclic) bond motifs is 3. The highest BCUT2D eigenvalue weighted by Crippen LogP contribution is 2.41. The normalized spacial score (nSPS) is 19.5. The minimum absolute atomic E-state index is 0.245. The fourth-order valence-electron chi connectivity index (χ4n) is 5.52. The van der Waals surface area contributed by atoms with Crippen LogP contribution in [0, 0.1) is 0 Å². The molecule has 4 heterocycles. The minimum atomic E-state index is -0.586. The average Bonchev–Trinajstić information content (AvgIpc) is 3.27. The van der Waals surface area contributed by atoms with Gasteiger partial charge in [0.1, 0.15) is 11.4 Å². The van der Waals surface area contributed by atoms with E-state index in [1.165, 1.54) is 17.0 Å². The largest absolute Gasteiger partial charge is 0.496 e. The lowest BCUT2D eigenvalue weighted by Gasteiger charge is -2.35. The van der Waals surface area contributed by atoms with Gasteiger partial charge in [-0.3, -0.25) is 0 Å². The third-order valence-electron chi connectivity index (χ3n) is 7.58. The van der Waals surface area contributed by atoms with Gasteiger partial charge >= 0.3 is 0 Å². The van der Waals surface area contributed by atoms with E-state index in [9.17, 15) is 5.11 Å². The van der Waals surface area contributed by atoms with Gasteiger partial charge in [0.15, 0.2) is 0 Å². The molecule has 6 rings (SSSR count). The van der Waals surface area contributed by atoms with Gasteiger partial charge in [-0.1, -0.05) is 18.2 Å². The molecule has 1 atom stereocenters. The molecular formula is C28H31N5O2. The predicted molar refractivity (Wildman–Crippen MR) is 136 cm³/mol. The maximum atomic E-state index is 10.2. The van der Waals surface area contributed by atoms with Crippen molar-refractivity contribution in [1.29, 1.82) is 0 Å². The van der Waals surface area contributed by atoms with E-state index >= 15 is 0 Å². The number of rotatable bonds is 4. The number of anilines is 1. The van der Waals surface area contributed by atoms with Crippen molar-refractivity contribution < 1.29 is 9.84 Å². The number of piperidine rings is 1. The summed E-state index contributed by atoms with van der Waals surface area (Å²) in [4.78, 5) is 16.4. The van der Waals surface area contributed by atoms with E-state index in [-0.39, 0.29) is 5.92 Å². The number of aryl methyl sites for hydroxylation is 1. The fraction of sp³-hybridized carbons (Fsp3) is 0.393. The molecular weight excluding hydrogens is 438 g/mol. The Hall–Kier alpha value is -3.45. The van der Waals surface area contributed by atoms with Crippen molar-refractivity contribution in [2.45, 2.75) is 50.5 Å². The van der Waals surface area contributed by atoms with Crippen molar-refractivity contribution in [1.82, 2.24) is 19.4 Å². The molecule has 0 spiro atoms. The summed E-state index contributed by atoms with van der Waals surface area (Å²) in [6.07, 6.45) is 10.6. The highest BCUT2D eigenvalue weighted by molar-refractivity contribution is 5.64. The van der Waals surface area contributed by atoms with E-state index < -0.39 is 5.60 Å². The summed E-state index contributed by atoms with van der Waals surface area (Å²) in [6.45, 7) is 3.44. The van der Waals surface area contributed by atoms with E-state index in [1.807, 2.05) is 31.5 Å². The first-order chi connectivity index (χ1) is 17.0. The predicted octanol–water partition coefficient (Wildman–Crippen LogP) is 4.62. The van der Waals surface area contributed by atoms with Gasteiger partial charge in [0, 0.05) is 54.3 Å². The maximum Gasteiger partial charge on any atom is 0.225 e. The number of aromatic nitrogens is 4. The Morgan fingerprint density at radius 3 is 2.57 bits per heavy atom. The second-order valence-corrected chi connectivity index (χ2v) is 10.0. The second kappa shape index (κ2) is 8.64. The number of ether oxygens (including phenoxy) is 1. The lowest BCUT2D eigenvalue weighted by molar-refractivity contribution is 0.0349. The Kier molecular flexibility index (Phi) is 5.44. The van der Waals surface area contributed by atoms with Crippen molar-refractivity contribution in [3.05, 3.63) is 71.9 Å². The summed E-state index contributed by atoms with van der Waals surface area (Å²) in [5, 5.41) is 10.2. The second-order valence-electron chi connectivity index (χ2n) is 10.0. The van der Waals surface area contributed by atoms with Gasteiger partial charge < -0.3 is 19.1 Å². The van der Waals surface area contributed by atoms with Crippen LogP contribution >= 0.6 is 0 Å². The summed E-state index contributed by atoms with van der Waals surface area (Å²) in [6, 6.07) is 12.5. The average molecular weight is 470 g/mol. The number of methoxy groups -OCH3 is 1. The molecule has 4 aromatic rings. The summed E-state index contributed by atoms with van der Waals surface area (Å²) in [5.74, 6) is 1.90. The van der Waals surface area contributed by atoms with Crippen molar-refractivity contribution in [2.24, 2.45) is 0 Å². The van der Waals surface area contributed by atoms with Crippen LogP contribution in [0.4, 0.5) is 5.95 Å². The maximum absolute atomic E-state index is 10.2. The van der Waals surface area contributed by atoms with E-state index in [0.29, 0.717) is 0 Å². The number of hydrogen-bond acceptors (Lipinski definition) is 6. The minimum Gasteiger partial charge on any atom is -0.496 e. The van der Waals surface area contributed by atoms with Gasteiger partial charge in [-0.2, -0.15) is 0 Å². The van der Waals surface area contributed by atoms with Crippen LogP contribution in [-0.4, -0.2) is 50.3 Å². The molecule has 7 heteroatoms. The number of benzene rings is 1. The van der Waals surface area contributed by atoms with Crippen LogP contribution in [0.1, 0.15) is 55.5 Å². The van der Waals surface area contributed by atoms with Crippen LogP contribution in [-0.2, 0) is 6.42 Å². The van der Waals surface area contributed by atoms with Gasteiger partial charge in [0.2, 0.25) is 5.95 Å². The van der Waals surface area contributed by atoms with Crippen molar-refractivity contribution in [3.8, 4) is 16.9 Å². The quantitative estimate of drug-likeness (QED) is 0.470. The standard InChI is InChI=1S/C28H31N5O2/c1-28(34)12-14-32(15-13-28)27-29-16-20(17-30-27)19-10-11-25-31-23-8-5-7-22(26(23)33(25)18-19)21-6-3-4-9-24(21)35-2/h3-4,6,9-11,16-18,22,34H,5,7-8,12-15H2,1-2H3. The summed E-state index contributed by atoms with van der Waals surface area (Å²) in [5.41, 5.74) is 6.08. The molecule has 0 bridgehead atoms. The number of imidazole rings is 1. The van der Waals surface area contributed by atoms with Crippen molar-refractivity contribution in [2.75, 3.05) is 25.1 Å². The SMILES string of the molecule is COc1ccccc1C1CCCc2nc3ccc(-c4cnc(N5CCC(C)(O)CC5)nc4)cn3c21. The van der Waals surface area contributed by atoms with Crippen molar-refractivity contribution >= 4 is 11.6 Å². The summed E-state index contributed by atoms with van der Waals surface area (Å²) < 4.78 is 7.96. The van der Waals surface area contributed by atoms with Crippen LogP contribution in [0.15, 0.2) is 55.0 Å². The molecule has 1 unspecified atom stereocenters. The Morgan fingerprint density at radius 2 is 1.80 bits per heavy atom. The molecule has 180 valence electrons. The lowest BCUT2D eigenvalue weighted by Crippen LogP contribution is -2.43. The first-order valence-electron chi connectivity index (χ1n) is 12.5. The van der Waals surface area contributed by atoms with Gasteiger partial charge in [-0.15, -0.1) is 0 Å². The highest BCUT2D eigenvalue weighted by Gasteiger charge is 2.30. The van der Waals surface area contributed by atoms with Gasteiger partial charge in [-0.25, -0.2) is 15.0 Å². The summed E-state index contributed by atoms with van der Waals surface area (Å²) >= 11 is 0.